The van der Waals surface area contributed by atoms with E-state index in [9.17, 15) is 9.59 Å². The molecule has 0 radical (unpaired) electrons. The fourth-order valence-corrected chi connectivity index (χ4v) is 2.11. The van der Waals surface area contributed by atoms with Crippen LogP contribution in [0.5, 0.6) is 0 Å². The molecule has 1 aromatic carbocycles. The second-order valence-electron chi connectivity index (χ2n) is 6.23. The molecule has 122 valence electrons. The van der Waals surface area contributed by atoms with E-state index in [4.69, 9.17) is 5.73 Å². The summed E-state index contributed by atoms with van der Waals surface area (Å²) in [6.07, 6.45) is 0. The predicted octanol–water partition coefficient (Wildman–Crippen LogP) is 2.16. The minimum Gasteiger partial charge on any atom is -0.346 e. The van der Waals surface area contributed by atoms with Gasteiger partial charge in [-0.15, -0.1) is 0 Å². The van der Waals surface area contributed by atoms with Crippen LogP contribution >= 0.6 is 0 Å². The first-order chi connectivity index (χ1) is 10.2. The Hall–Kier alpha value is -1.88. The third-order valence-electron chi connectivity index (χ3n) is 3.64. The van der Waals surface area contributed by atoms with Crippen molar-refractivity contribution < 1.29 is 9.59 Å². The number of carbonyl (C=O) groups excluding carboxylic acids is 2. The number of rotatable bonds is 6. The van der Waals surface area contributed by atoms with Crippen LogP contribution in [0.4, 0.5) is 5.69 Å². The topological polar surface area (TPSA) is 84.2 Å². The van der Waals surface area contributed by atoms with E-state index in [2.05, 4.69) is 24.5 Å². The van der Waals surface area contributed by atoms with Crippen LogP contribution in [-0.4, -0.2) is 24.4 Å². The summed E-state index contributed by atoms with van der Waals surface area (Å²) < 4.78 is 0. The highest BCUT2D eigenvalue weighted by Gasteiger charge is 2.18. The van der Waals surface area contributed by atoms with E-state index in [1.54, 1.807) is 0 Å². The molecule has 0 aliphatic rings. The first-order valence-electron chi connectivity index (χ1n) is 7.66. The van der Waals surface area contributed by atoms with Crippen LogP contribution in [0.25, 0.3) is 0 Å². The molecule has 2 amide bonds. The van der Waals surface area contributed by atoms with Crippen molar-refractivity contribution in [1.29, 1.82) is 0 Å². The van der Waals surface area contributed by atoms with Gasteiger partial charge in [-0.25, -0.2) is 0 Å². The van der Waals surface area contributed by atoms with Crippen molar-refractivity contribution in [2.24, 2.45) is 11.7 Å². The summed E-state index contributed by atoms with van der Waals surface area (Å²) in [5.41, 5.74) is 8.65. The molecule has 0 aliphatic carbocycles. The third kappa shape index (κ3) is 4.84. The van der Waals surface area contributed by atoms with Crippen LogP contribution < -0.4 is 16.4 Å². The van der Waals surface area contributed by atoms with Gasteiger partial charge in [0.05, 0.1) is 12.6 Å². The number of para-hydroxylation sites is 1. The molecule has 1 rings (SSSR count). The van der Waals surface area contributed by atoms with Crippen molar-refractivity contribution in [2.45, 2.75) is 46.6 Å². The maximum absolute atomic E-state index is 12.1. The van der Waals surface area contributed by atoms with Crippen LogP contribution in [0.1, 0.15) is 44.7 Å². The molecule has 5 nitrogen and oxygen atoms in total. The average Bonchev–Trinajstić information content (AvgIpc) is 2.45. The van der Waals surface area contributed by atoms with Crippen molar-refractivity contribution in [3.63, 3.8) is 0 Å². The summed E-state index contributed by atoms with van der Waals surface area (Å²) in [5, 5.41) is 5.47. The highest BCUT2D eigenvalue weighted by atomic mass is 16.2. The second kappa shape index (κ2) is 7.94. The molecular weight excluding hydrogens is 278 g/mol. The number of hydrogen-bond acceptors (Lipinski definition) is 3. The Bertz CT molecular complexity index is 539. The summed E-state index contributed by atoms with van der Waals surface area (Å²) >= 11 is 0. The molecule has 0 saturated heterocycles. The Morgan fingerprint density at radius 3 is 2.36 bits per heavy atom. The van der Waals surface area contributed by atoms with Crippen molar-refractivity contribution in [3.8, 4) is 0 Å². The molecule has 0 aromatic heterocycles. The molecule has 5 heteroatoms. The van der Waals surface area contributed by atoms with Crippen LogP contribution in [0.3, 0.4) is 0 Å². The molecule has 1 aromatic rings. The lowest BCUT2D eigenvalue weighted by molar-refractivity contribution is -0.125. The number of benzene rings is 1. The van der Waals surface area contributed by atoms with E-state index in [1.807, 2.05) is 39.0 Å². The summed E-state index contributed by atoms with van der Waals surface area (Å²) in [5.74, 6) is -0.217. The van der Waals surface area contributed by atoms with Crippen molar-refractivity contribution in [3.05, 3.63) is 29.3 Å². The predicted molar refractivity (Wildman–Crippen MR) is 89.7 cm³/mol. The molecular formula is C17H27N3O2. The molecule has 0 saturated carbocycles. The first kappa shape index (κ1) is 18.2. The number of hydrogen-bond donors (Lipinski definition) is 3. The van der Waals surface area contributed by atoms with E-state index in [1.165, 1.54) is 0 Å². The van der Waals surface area contributed by atoms with E-state index in [-0.39, 0.29) is 24.3 Å². The van der Waals surface area contributed by atoms with Gasteiger partial charge in [-0.2, -0.15) is 0 Å². The Labute approximate surface area is 132 Å². The SMILES string of the molecule is Cc1cccc(C(C)C)c1NC(=O)CNC(=O)[C@@H](N)C(C)C. The van der Waals surface area contributed by atoms with Gasteiger partial charge >= 0.3 is 0 Å². The maximum atomic E-state index is 12.1. The molecule has 22 heavy (non-hydrogen) atoms. The molecule has 0 unspecified atom stereocenters. The van der Waals surface area contributed by atoms with E-state index in [0.29, 0.717) is 5.92 Å². The summed E-state index contributed by atoms with van der Waals surface area (Å²) in [6, 6.07) is 5.33. The Kier molecular flexibility index (Phi) is 6.56. The molecule has 0 aliphatic heterocycles. The fraction of sp³-hybridized carbons (Fsp3) is 0.529. The summed E-state index contributed by atoms with van der Waals surface area (Å²) in [4.78, 5) is 23.8. The molecule has 4 N–H and O–H groups in total. The second-order valence-corrected chi connectivity index (χ2v) is 6.23. The number of amides is 2. The smallest absolute Gasteiger partial charge is 0.243 e. The standard InChI is InChI=1S/C17H27N3O2/c1-10(2)13-8-6-7-12(5)16(13)20-14(21)9-19-17(22)15(18)11(3)4/h6-8,10-11,15H,9,18H2,1-5H3,(H,19,22)(H,20,21)/t15-/m0/s1. The van der Waals surface area contributed by atoms with Gasteiger partial charge in [0.15, 0.2) is 0 Å². The lowest BCUT2D eigenvalue weighted by atomic mass is 9.98. The van der Waals surface area contributed by atoms with Gasteiger partial charge < -0.3 is 16.4 Å². The van der Waals surface area contributed by atoms with Crippen molar-refractivity contribution in [1.82, 2.24) is 5.32 Å². The van der Waals surface area contributed by atoms with Crippen LogP contribution in [0.2, 0.25) is 0 Å². The number of nitrogens with two attached hydrogens (primary N) is 1. The van der Waals surface area contributed by atoms with Crippen LogP contribution in [-0.2, 0) is 9.59 Å². The Balaban J connectivity index is 2.69. The van der Waals surface area contributed by atoms with Gasteiger partial charge in [0.1, 0.15) is 0 Å². The zero-order valence-corrected chi connectivity index (χ0v) is 14.1. The maximum Gasteiger partial charge on any atom is 0.243 e. The van der Waals surface area contributed by atoms with Gasteiger partial charge in [0.2, 0.25) is 11.8 Å². The van der Waals surface area contributed by atoms with Gasteiger partial charge in [0.25, 0.3) is 0 Å². The largest absolute Gasteiger partial charge is 0.346 e. The Morgan fingerprint density at radius 2 is 1.82 bits per heavy atom. The van der Waals surface area contributed by atoms with E-state index < -0.39 is 6.04 Å². The van der Waals surface area contributed by atoms with E-state index >= 15 is 0 Å². The van der Waals surface area contributed by atoms with Crippen LogP contribution in [0, 0.1) is 12.8 Å². The quantitative estimate of drug-likeness (QED) is 0.753. The highest BCUT2D eigenvalue weighted by Crippen LogP contribution is 2.27. The van der Waals surface area contributed by atoms with Crippen molar-refractivity contribution in [2.75, 3.05) is 11.9 Å². The lowest BCUT2D eigenvalue weighted by Gasteiger charge is -2.18. The van der Waals surface area contributed by atoms with Gasteiger partial charge in [-0.3, -0.25) is 9.59 Å². The average molecular weight is 305 g/mol. The van der Waals surface area contributed by atoms with E-state index in [0.717, 1.165) is 16.8 Å². The number of anilines is 1. The van der Waals surface area contributed by atoms with Crippen LogP contribution in [0.15, 0.2) is 18.2 Å². The Morgan fingerprint density at radius 1 is 1.18 bits per heavy atom. The monoisotopic (exact) mass is 305 g/mol. The third-order valence-corrected chi connectivity index (χ3v) is 3.64. The molecule has 0 heterocycles. The number of nitrogens with one attached hydrogen (secondary N) is 2. The fourth-order valence-electron chi connectivity index (χ4n) is 2.11. The summed E-state index contributed by atoms with van der Waals surface area (Å²) in [6.45, 7) is 9.76. The molecule has 0 fully saturated rings. The number of carbonyl (C=O) groups is 2. The zero-order chi connectivity index (χ0) is 16.9. The molecule has 0 spiro atoms. The number of aryl methyl sites for hydroxylation is 1. The van der Waals surface area contributed by atoms with Gasteiger partial charge in [-0.05, 0) is 29.9 Å². The summed E-state index contributed by atoms with van der Waals surface area (Å²) in [7, 11) is 0. The minimum atomic E-state index is -0.600. The minimum absolute atomic E-state index is 0.0342. The normalized spacial score (nSPS) is 12.4. The first-order valence-corrected chi connectivity index (χ1v) is 7.66. The zero-order valence-electron chi connectivity index (χ0n) is 14.1. The molecule has 0 bridgehead atoms. The van der Waals surface area contributed by atoms with Gasteiger partial charge in [0, 0.05) is 5.69 Å². The highest BCUT2D eigenvalue weighted by molar-refractivity contribution is 5.96. The molecule has 1 atom stereocenters. The lowest BCUT2D eigenvalue weighted by Crippen LogP contribution is -2.46. The van der Waals surface area contributed by atoms with Gasteiger partial charge in [-0.1, -0.05) is 45.9 Å². The van der Waals surface area contributed by atoms with Crippen molar-refractivity contribution >= 4 is 17.5 Å².